The number of halogens is 2. The van der Waals surface area contributed by atoms with Gasteiger partial charge in [-0.2, -0.15) is 6.42 Å². The number of nitrogens with one attached hydrogen (secondary N) is 1. The molecule has 1 amide bonds. The van der Waals surface area contributed by atoms with E-state index in [0.29, 0.717) is 18.5 Å². The van der Waals surface area contributed by atoms with Gasteiger partial charge in [-0.1, -0.05) is 21.5 Å². The molecule has 0 saturated carbocycles. The fraction of sp³-hybridized carbons (Fsp3) is 0.292. The van der Waals surface area contributed by atoms with Crippen molar-refractivity contribution in [3.8, 4) is 0 Å². The summed E-state index contributed by atoms with van der Waals surface area (Å²) in [7, 11) is 6.18. The molecule has 2 N–H and O–H groups in total. The van der Waals surface area contributed by atoms with Gasteiger partial charge in [0.15, 0.2) is 17.2 Å². The Morgan fingerprint density at radius 2 is 1.41 bits per heavy atom. The van der Waals surface area contributed by atoms with E-state index in [9.17, 15) is 14.4 Å². The minimum Gasteiger partial charge on any atom is -1.00 e. The molecule has 0 unspecified atom stereocenters. The topological polar surface area (TPSA) is 183 Å². The number of hydrogen-bond donors (Lipinski definition) is 2. The maximum Gasteiger partial charge on any atom is 2.00 e. The van der Waals surface area contributed by atoms with Gasteiger partial charge in [-0.3, -0.25) is 14.4 Å². The number of carboxylic acid groups (broad SMARTS) is 1. The van der Waals surface area contributed by atoms with E-state index in [4.69, 9.17) is 5.11 Å². The Bertz CT molecular complexity index is 1010. The Labute approximate surface area is 271 Å². The Kier molecular flexibility index (Phi) is 39.0. The molecule has 0 aliphatic heterocycles. The summed E-state index contributed by atoms with van der Waals surface area (Å²) in [4.78, 5) is 41.1. The fourth-order valence-electron chi connectivity index (χ4n) is 1.61. The Balaban J connectivity index is -0.000000137. The maximum atomic E-state index is 11.1. The SMILES string of the molecule is C=CCCC(=O)c1ccon1.C=CC[CH2-].CNOC.CON(C)C(=O)c1ccon1.Cl.O=C(O)c1ccon1.[Br-].[Mg+2]. The van der Waals surface area contributed by atoms with Crippen LogP contribution in [0.1, 0.15) is 50.7 Å². The van der Waals surface area contributed by atoms with Crippen molar-refractivity contribution < 1.29 is 59.7 Å². The van der Waals surface area contributed by atoms with Crippen LogP contribution in [0.2, 0.25) is 0 Å². The van der Waals surface area contributed by atoms with Gasteiger partial charge >= 0.3 is 29.0 Å². The van der Waals surface area contributed by atoms with Crippen molar-refractivity contribution in [3.05, 3.63) is 86.3 Å². The fourth-order valence-corrected chi connectivity index (χ4v) is 1.61. The van der Waals surface area contributed by atoms with Crippen molar-refractivity contribution >= 4 is 53.1 Å². The number of rotatable bonds is 9. The molecule has 0 aromatic carbocycles. The standard InChI is InChI=1S/C8H9NO2.C6H8N2O3.C4H3NO3.C4H7.C2H7NO.BrH.ClH.Mg/c1-2-3-4-8(10)7-5-6-11-9-7;1-8(10-2)6(9)5-3-4-11-7-5;6-4(7)3-1-2-8-5-3;2*1-3-4-2;;;/h2,5-6H,1,3-4H2;3-4H,1-2H3;1-2H,(H,6,7);3H,1-2,4H2;3H,1-2H3;2*1H;/q;;;-1;;;;+2/p-1. The molecule has 0 radical (unpaired) electrons. The third kappa shape index (κ3) is 25.8. The number of ketones is 1. The molecular formula is C24H35BrClMgN5O9. The van der Waals surface area contributed by atoms with Crippen LogP contribution < -0.4 is 22.5 Å². The normalized spacial score (nSPS) is 8.22. The van der Waals surface area contributed by atoms with Gasteiger partial charge in [0.1, 0.15) is 24.5 Å². The van der Waals surface area contributed by atoms with E-state index in [1.54, 1.807) is 32.4 Å². The third-order valence-corrected chi connectivity index (χ3v) is 3.58. The molecule has 0 atom stereocenters. The predicted octanol–water partition coefficient (Wildman–Crippen LogP) is 0.713. The average molecular weight is 677 g/mol. The van der Waals surface area contributed by atoms with Gasteiger partial charge in [-0.25, -0.2) is 15.3 Å². The van der Waals surface area contributed by atoms with Gasteiger partial charge in [0, 0.05) is 38.7 Å². The number of hydroxylamine groups is 3. The first kappa shape index (κ1) is 47.9. The first-order valence-electron chi connectivity index (χ1n) is 10.7. The minimum absolute atomic E-state index is 0. The summed E-state index contributed by atoms with van der Waals surface area (Å²) in [6.45, 7) is 10.4. The number of allylic oxidation sites excluding steroid dienone is 2. The zero-order chi connectivity index (χ0) is 29.2. The number of aromatic carboxylic acids is 1. The number of Topliss-reactive ketones (excluding diaryl/α,β-unsaturated/α-hetero) is 1. The van der Waals surface area contributed by atoms with E-state index in [1.807, 2.05) is 0 Å². The van der Waals surface area contributed by atoms with Gasteiger partial charge < -0.3 is 47.4 Å². The van der Waals surface area contributed by atoms with Crippen LogP contribution in [-0.2, 0) is 9.68 Å². The van der Waals surface area contributed by atoms with E-state index < -0.39 is 5.97 Å². The van der Waals surface area contributed by atoms with Crippen LogP contribution in [0.15, 0.2) is 75.9 Å². The average Bonchev–Trinajstić information content (AvgIpc) is 3.75. The summed E-state index contributed by atoms with van der Waals surface area (Å²) >= 11 is 0. The molecule has 0 fully saturated rings. The third-order valence-electron chi connectivity index (χ3n) is 3.58. The maximum absolute atomic E-state index is 11.1. The van der Waals surface area contributed by atoms with Gasteiger partial charge in [0.25, 0.3) is 5.91 Å². The van der Waals surface area contributed by atoms with Crippen molar-refractivity contribution in [2.45, 2.75) is 19.3 Å². The first-order valence-corrected chi connectivity index (χ1v) is 10.7. The van der Waals surface area contributed by atoms with E-state index in [0.717, 1.165) is 11.5 Å². The molecule has 226 valence electrons. The summed E-state index contributed by atoms with van der Waals surface area (Å²) < 4.78 is 13.2. The molecule has 0 spiro atoms. The summed E-state index contributed by atoms with van der Waals surface area (Å²) in [5.74, 6) is -1.40. The number of hydrogen-bond acceptors (Lipinski definition) is 12. The van der Waals surface area contributed by atoms with Crippen LogP contribution in [0.25, 0.3) is 0 Å². The minimum atomic E-state index is -1.07. The number of aromatic nitrogens is 3. The second-order valence-corrected chi connectivity index (χ2v) is 6.18. The van der Waals surface area contributed by atoms with Gasteiger partial charge in [-0.15, -0.1) is 31.6 Å². The van der Waals surface area contributed by atoms with Gasteiger partial charge in [0.05, 0.1) is 14.2 Å². The zero-order valence-corrected chi connectivity index (χ0v) is 27.2. The molecule has 14 nitrogen and oxygen atoms in total. The first-order chi connectivity index (χ1) is 18.2. The molecule has 17 heteroatoms. The van der Waals surface area contributed by atoms with E-state index >= 15 is 0 Å². The predicted molar refractivity (Wildman–Crippen MR) is 149 cm³/mol. The number of carbonyl (C=O) groups excluding carboxylic acids is 2. The molecule has 3 heterocycles. The summed E-state index contributed by atoms with van der Waals surface area (Å²) in [5.41, 5.74) is 2.99. The molecule has 3 aromatic rings. The van der Waals surface area contributed by atoms with E-state index in [-0.39, 0.29) is 75.5 Å². The van der Waals surface area contributed by atoms with Crippen LogP contribution in [0.3, 0.4) is 0 Å². The smallest absolute Gasteiger partial charge is 1.00 e. The summed E-state index contributed by atoms with van der Waals surface area (Å²) in [6, 6.07) is 4.31. The molecular weight excluding hydrogens is 642 g/mol. The molecule has 3 rings (SSSR count). The van der Waals surface area contributed by atoms with E-state index in [2.05, 4.69) is 64.3 Å². The number of nitrogens with zero attached hydrogens (tertiary/aromatic N) is 4. The quantitative estimate of drug-likeness (QED) is 0.106. The molecule has 3 aromatic heterocycles. The van der Waals surface area contributed by atoms with Crippen LogP contribution in [0, 0.1) is 6.92 Å². The van der Waals surface area contributed by atoms with Gasteiger partial charge in [-0.05, 0) is 6.42 Å². The molecule has 41 heavy (non-hydrogen) atoms. The molecule has 0 saturated heterocycles. The van der Waals surface area contributed by atoms with Crippen LogP contribution in [0.5, 0.6) is 0 Å². The molecule has 0 aliphatic rings. The monoisotopic (exact) mass is 675 g/mol. The van der Waals surface area contributed by atoms with E-state index in [1.165, 1.54) is 45.1 Å². The summed E-state index contributed by atoms with van der Waals surface area (Å²) in [5, 5.41) is 19.3. The molecule has 0 aliphatic carbocycles. The van der Waals surface area contributed by atoms with Crippen molar-refractivity contribution in [2.24, 2.45) is 0 Å². The second kappa shape index (κ2) is 33.3. The van der Waals surface area contributed by atoms with Crippen molar-refractivity contribution in [1.29, 1.82) is 0 Å². The van der Waals surface area contributed by atoms with Crippen LogP contribution in [-0.4, -0.2) is 94.7 Å². The summed E-state index contributed by atoms with van der Waals surface area (Å²) in [6.07, 6.45) is 9.38. The Morgan fingerprint density at radius 3 is 1.68 bits per heavy atom. The van der Waals surface area contributed by atoms with Crippen molar-refractivity contribution in [2.75, 3.05) is 28.3 Å². The number of carbonyl (C=O) groups is 3. The zero-order valence-electron chi connectivity index (χ0n) is 23.4. The Hall–Kier alpha value is -2.86. The van der Waals surface area contributed by atoms with Crippen molar-refractivity contribution in [1.82, 2.24) is 26.0 Å². The second-order valence-electron chi connectivity index (χ2n) is 6.18. The Morgan fingerprint density at radius 1 is 1.00 bits per heavy atom. The van der Waals surface area contributed by atoms with Gasteiger partial charge in [0.2, 0.25) is 0 Å². The molecule has 0 bridgehead atoms. The van der Waals surface area contributed by atoms with Crippen LogP contribution in [0.4, 0.5) is 0 Å². The van der Waals surface area contributed by atoms with Crippen molar-refractivity contribution in [3.63, 3.8) is 0 Å². The van der Waals surface area contributed by atoms with Crippen LogP contribution >= 0.6 is 12.4 Å². The number of amides is 1. The number of carboxylic acids is 1. The largest absolute Gasteiger partial charge is 2.00 e.